The van der Waals surface area contributed by atoms with Crippen molar-refractivity contribution in [2.45, 2.75) is 31.9 Å². The van der Waals surface area contributed by atoms with Gasteiger partial charge in [0, 0.05) is 22.3 Å². The molecule has 3 rings (SSSR count). The Morgan fingerprint density at radius 1 is 1.04 bits per heavy atom. The van der Waals surface area contributed by atoms with Gasteiger partial charge in [-0.25, -0.2) is 4.98 Å². The van der Waals surface area contributed by atoms with E-state index in [1.165, 1.54) is 5.56 Å². The number of hydrogen-bond acceptors (Lipinski definition) is 3. The fourth-order valence-corrected chi connectivity index (χ4v) is 2.90. The van der Waals surface area contributed by atoms with E-state index >= 15 is 0 Å². The van der Waals surface area contributed by atoms with Crippen LogP contribution in [0.5, 0.6) is 5.75 Å². The van der Waals surface area contributed by atoms with Crippen molar-refractivity contribution in [1.29, 1.82) is 0 Å². The number of phenols is 1. The average molecular weight is 323 g/mol. The molecular weight excluding hydrogens is 302 g/mol. The summed E-state index contributed by atoms with van der Waals surface area (Å²) < 4.78 is 0. The molecule has 0 fully saturated rings. The third kappa shape index (κ3) is 3.06. The molecule has 0 unspecified atom stereocenters. The molecule has 0 aliphatic rings. The van der Waals surface area contributed by atoms with Gasteiger partial charge in [-0.15, -0.1) is 0 Å². The second-order valence-electron chi connectivity index (χ2n) is 6.83. The molecule has 3 heteroatoms. The first kappa shape index (κ1) is 15.9. The number of aromatic hydroxyl groups is 1. The largest absolute Gasteiger partial charge is 0.507 e. The van der Waals surface area contributed by atoms with E-state index in [2.05, 4.69) is 33.4 Å². The quantitative estimate of drug-likeness (QED) is 0.624. The van der Waals surface area contributed by atoms with Gasteiger partial charge in [0.1, 0.15) is 5.75 Å². The summed E-state index contributed by atoms with van der Waals surface area (Å²) >= 11 is 4.36. The predicted molar refractivity (Wildman–Crippen MR) is 100 cm³/mol. The van der Waals surface area contributed by atoms with Gasteiger partial charge in [-0.3, -0.25) is 0 Å². The Morgan fingerprint density at radius 3 is 2.48 bits per heavy atom. The van der Waals surface area contributed by atoms with Crippen molar-refractivity contribution >= 4 is 23.5 Å². The Morgan fingerprint density at radius 2 is 1.78 bits per heavy atom. The molecule has 0 radical (unpaired) electrons. The van der Waals surface area contributed by atoms with E-state index in [0.717, 1.165) is 27.7 Å². The van der Waals surface area contributed by atoms with E-state index in [1.54, 1.807) is 0 Å². The third-order valence-corrected chi connectivity index (χ3v) is 4.44. The maximum atomic E-state index is 10.6. The minimum atomic E-state index is -0.00298. The van der Waals surface area contributed by atoms with E-state index in [-0.39, 0.29) is 11.2 Å². The molecule has 1 heterocycles. The van der Waals surface area contributed by atoms with E-state index < -0.39 is 0 Å². The number of thiol groups is 1. The van der Waals surface area contributed by atoms with Crippen LogP contribution in [0.2, 0.25) is 0 Å². The summed E-state index contributed by atoms with van der Waals surface area (Å²) in [5.41, 5.74) is 4.49. The summed E-state index contributed by atoms with van der Waals surface area (Å²) in [7, 11) is 0. The molecule has 1 aromatic heterocycles. The lowest BCUT2D eigenvalue weighted by Gasteiger charge is -2.22. The minimum Gasteiger partial charge on any atom is -0.507 e. The molecule has 0 bridgehead atoms. The number of hydrogen-bond donors (Lipinski definition) is 2. The van der Waals surface area contributed by atoms with Crippen LogP contribution in [0.1, 0.15) is 31.9 Å². The van der Waals surface area contributed by atoms with Crippen LogP contribution in [0, 0.1) is 0 Å². The highest BCUT2D eigenvalue weighted by Gasteiger charge is 2.19. The van der Waals surface area contributed by atoms with Gasteiger partial charge >= 0.3 is 0 Å². The van der Waals surface area contributed by atoms with Crippen LogP contribution >= 0.6 is 12.6 Å². The zero-order valence-corrected chi connectivity index (χ0v) is 14.6. The number of rotatable bonds is 2. The Bertz CT molecular complexity index is 865. The van der Waals surface area contributed by atoms with E-state index in [0.29, 0.717) is 5.75 Å². The fourth-order valence-electron chi connectivity index (χ4n) is 2.66. The van der Waals surface area contributed by atoms with E-state index in [1.807, 2.05) is 48.5 Å². The van der Waals surface area contributed by atoms with Gasteiger partial charge in [-0.1, -0.05) is 51.1 Å². The molecule has 0 aliphatic heterocycles. The molecule has 0 amide bonds. The average Bonchev–Trinajstić information content (AvgIpc) is 2.53. The van der Waals surface area contributed by atoms with Crippen molar-refractivity contribution in [2.24, 2.45) is 0 Å². The van der Waals surface area contributed by atoms with Crippen molar-refractivity contribution in [3.8, 4) is 17.0 Å². The lowest BCUT2D eigenvalue weighted by molar-refractivity contribution is 0.471. The highest BCUT2D eigenvalue weighted by atomic mass is 32.1. The Kier molecular flexibility index (Phi) is 4.07. The van der Waals surface area contributed by atoms with Crippen molar-refractivity contribution < 1.29 is 5.11 Å². The molecule has 23 heavy (non-hydrogen) atoms. The summed E-state index contributed by atoms with van der Waals surface area (Å²) in [5.74, 6) is 0.770. The molecule has 0 saturated carbocycles. The predicted octanol–water partition coefficient (Wildman–Crippen LogP) is 5.33. The first-order valence-electron chi connectivity index (χ1n) is 7.73. The van der Waals surface area contributed by atoms with Crippen LogP contribution in [-0.2, 0) is 11.2 Å². The van der Waals surface area contributed by atoms with Gasteiger partial charge in [0.05, 0.1) is 11.2 Å². The fraction of sp³-hybridized carbons (Fsp3) is 0.250. The van der Waals surface area contributed by atoms with E-state index in [4.69, 9.17) is 4.98 Å². The van der Waals surface area contributed by atoms with Gasteiger partial charge in [0.25, 0.3) is 0 Å². The molecule has 3 aromatic rings. The van der Waals surface area contributed by atoms with Crippen LogP contribution in [0.15, 0.2) is 48.5 Å². The lowest BCUT2D eigenvalue weighted by Crippen LogP contribution is -2.11. The SMILES string of the molecule is CC(C)(C)c1cc(CS)c(O)c(-c2ccc3ccccc3n2)c1. The summed E-state index contributed by atoms with van der Waals surface area (Å²) in [6.07, 6.45) is 0. The van der Waals surface area contributed by atoms with Crippen molar-refractivity contribution in [1.82, 2.24) is 4.98 Å². The Labute approximate surface area is 142 Å². The molecule has 2 nitrogen and oxygen atoms in total. The van der Waals surface area contributed by atoms with Crippen molar-refractivity contribution in [3.05, 3.63) is 59.7 Å². The number of aromatic nitrogens is 1. The van der Waals surface area contributed by atoms with Crippen LogP contribution in [-0.4, -0.2) is 10.1 Å². The normalized spacial score (nSPS) is 11.8. The molecule has 0 aliphatic carbocycles. The van der Waals surface area contributed by atoms with Gasteiger partial charge in [-0.05, 0) is 29.2 Å². The Hall–Kier alpha value is -2.00. The van der Waals surface area contributed by atoms with Crippen LogP contribution in [0.4, 0.5) is 0 Å². The minimum absolute atomic E-state index is 0.00298. The topological polar surface area (TPSA) is 33.1 Å². The number of pyridine rings is 1. The second kappa shape index (κ2) is 5.89. The first-order chi connectivity index (χ1) is 10.9. The Balaban J connectivity index is 2.24. The maximum Gasteiger partial charge on any atom is 0.129 e. The number of fused-ring (bicyclic) bond motifs is 1. The van der Waals surface area contributed by atoms with Crippen LogP contribution in [0.3, 0.4) is 0 Å². The highest BCUT2D eigenvalue weighted by Crippen LogP contribution is 2.37. The highest BCUT2D eigenvalue weighted by molar-refractivity contribution is 7.79. The maximum absolute atomic E-state index is 10.6. The number of phenolic OH excluding ortho intramolecular Hbond substituents is 1. The molecule has 0 saturated heterocycles. The van der Waals surface area contributed by atoms with Gasteiger partial charge in [0.15, 0.2) is 0 Å². The zero-order valence-electron chi connectivity index (χ0n) is 13.7. The number of nitrogens with zero attached hydrogens (tertiary/aromatic N) is 1. The second-order valence-corrected chi connectivity index (χ2v) is 7.15. The summed E-state index contributed by atoms with van der Waals surface area (Å²) in [4.78, 5) is 4.72. The molecule has 0 spiro atoms. The third-order valence-electron chi connectivity index (χ3n) is 4.10. The number of benzene rings is 2. The van der Waals surface area contributed by atoms with Gasteiger partial charge in [-0.2, -0.15) is 12.6 Å². The lowest BCUT2D eigenvalue weighted by atomic mass is 9.84. The number of para-hydroxylation sites is 1. The molecule has 1 N–H and O–H groups in total. The molecule has 0 atom stereocenters. The molecule has 2 aromatic carbocycles. The standard InChI is InChI=1S/C20H21NOS/c1-20(2,3)15-10-14(12-23)19(22)16(11-15)18-9-8-13-6-4-5-7-17(13)21-18/h4-11,22-23H,12H2,1-3H3. The summed E-state index contributed by atoms with van der Waals surface area (Å²) in [6.45, 7) is 6.50. The van der Waals surface area contributed by atoms with Crippen molar-refractivity contribution in [3.63, 3.8) is 0 Å². The molecule has 118 valence electrons. The van der Waals surface area contributed by atoms with Crippen LogP contribution < -0.4 is 0 Å². The summed E-state index contributed by atoms with van der Waals surface area (Å²) in [5, 5.41) is 11.7. The zero-order chi connectivity index (χ0) is 16.6. The van der Waals surface area contributed by atoms with Gasteiger partial charge in [0.2, 0.25) is 0 Å². The molecular formula is C20H21NOS. The van der Waals surface area contributed by atoms with E-state index in [9.17, 15) is 5.11 Å². The first-order valence-corrected chi connectivity index (χ1v) is 8.37. The monoisotopic (exact) mass is 323 g/mol. The summed E-state index contributed by atoms with van der Waals surface area (Å²) in [6, 6.07) is 16.1. The van der Waals surface area contributed by atoms with Crippen molar-refractivity contribution in [2.75, 3.05) is 0 Å². The smallest absolute Gasteiger partial charge is 0.129 e. The van der Waals surface area contributed by atoms with Crippen LogP contribution in [0.25, 0.3) is 22.2 Å². The van der Waals surface area contributed by atoms with Gasteiger partial charge < -0.3 is 5.11 Å².